The zero-order chi connectivity index (χ0) is 9.68. The summed E-state index contributed by atoms with van der Waals surface area (Å²) in [5.41, 5.74) is 6.35. The number of rotatable bonds is 4. The van der Waals surface area contributed by atoms with Gasteiger partial charge in [-0.25, -0.2) is 4.98 Å². The molecule has 4 nitrogen and oxygen atoms in total. The van der Waals surface area contributed by atoms with Gasteiger partial charge in [-0.1, -0.05) is 16.9 Å². The van der Waals surface area contributed by atoms with Gasteiger partial charge in [0.15, 0.2) is 0 Å². The third kappa shape index (κ3) is 3.65. The van der Waals surface area contributed by atoms with Crippen molar-refractivity contribution in [2.24, 2.45) is 10.9 Å². The lowest BCUT2D eigenvalue weighted by Gasteiger charge is -1.95. The molecule has 1 aromatic heterocycles. The third-order valence-corrected chi connectivity index (χ3v) is 3.45. The van der Waals surface area contributed by atoms with Gasteiger partial charge in [-0.15, -0.1) is 11.3 Å². The minimum absolute atomic E-state index is 0.265. The number of oxime groups is 1. The van der Waals surface area contributed by atoms with Crippen molar-refractivity contribution in [1.29, 1.82) is 0 Å². The Balaban J connectivity index is 2.28. The van der Waals surface area contributed by atoms with Crippen LogP contribution in [0.3, 0.4) is 0 Å². The Hall–Kier alpha value is -0.750. The van der Waals surface area contributed by atoms with Crippen LogP contribution in [0.4, 0.5) is 0 Å². The molecule has 72 valence electrons. The first-order valence-electron chi connectivity index (χ1n) is 3.73. The molecule has 6 heteroatoms. The van der Waals surface area contributed by atoms with E-state index >= 15 is 0 Å². The maximum atomic E-state index is 8.28. The van der Waals surface area contributed by atoms with Crippen molar-refractivity contribution >= 4 is 28.9 Å². The van der Waals surface area contributed by atoms with E-state index in [4.69, 9.17) is 10.9 Å². The molecule has 0 aromatic carbocycles. The van der Waals surface area contributed by atoms with Crippen LogP contribution in [0.25, 0.3) is 0 Å². The molecule has 0 radical (unpaired) electrons. The summed E-state index contributed by atoms with van der Waals surface area (Å²) in [6.07, 6.45) is 0.583. The summed E-state index contributed by atoms with van der Waals surface area (Å²) in [5, 5.41) is 13.2. The Kier molecular flexibility index (Phi) is 4.04. The quantitative estimate of drug-likeness (QED) is 0.265. The number of thioether (sulfide) groups is 1. The van der Waals surface area contributed by atoms with Crippen LogP contribution in [0.15, 0.2) is 14.9 Å². The van der Waals surface area contributed by atoms with Crippen LogP contribution >= 0.6 is 23.1 Å². The molecule has 0 fully saturated rings. The minimum Gasteiger partial charge on any atom is -0.409 e. The maximum absolute atomic E-state index is 8.28. The van der Waals surface area contributed by atoms with Crippen molar-refractivity contribution in [3.8, 4) is 0 Å². The van der Waals surface area contributed by atoms with E-state index in [0.717, 1.165) is 15.8 Å². The summed E-state index contributed by atoms with van der Waals surface area (Å²) in [6, 6.07) is 0. The highest BCUT2D eigenvalue weighted by Gasteiger charge is 2.00. The Bertz CT molecular complexity index is 298. The first-order chi connectivity index (χ1) is 6.22. The van der Waals surface area contributed by atoms with Gasteiger partial charge in [0.25, 0.3) is 0 Å². The summed E-state index contributed by atoms with van der Waals surface area (Å²) < 4.78 is 1.03. The average Bonchev–Trinajstić information content (AvgIpc) is 2.51. The molecule has 1 heterocycles. The predicted octanol–water partition coefficient (Wildman–Crippen LogP) is 1.68. The lowest BCUT2D eigenvalue weighted by atomic mass is 10.5. The highest BCUT2D eigenvalue weighted by molar-refractivity contribution is 8.01. The maximum Gasteiger partial charge on any atom is 0.150 e. The number of aryl methyl sites for hydroxylation is 1. The molecule has 0 aliphatic rings. The van der Waals surface area contributed by atoms with Crippen molar-refractivity contribution < 1.29 is 5.21 Å². The minimum atomic E-state index is 0.265. The van der Waals surface area contributed by atoms with Gasteiger partial charge in [-0.3, -0.25) is 0 Å². The second-order valence-corrected chi connectivity index (χ2v) is 4.64. The molecule has 1 aromatic rings. The fraction of sp³-hybridized carbons (Fsp3) is 0.429. The van der Waals surface area contributed by atoms with Gasteiger partial charge in [0.1, 0.15) is 10.2 Å². The zero-order valence-corrected chi connectivity index (χ0v) is 8.86. The second-order valence-electron chi connectivity index (χ2n) is 2.44. The first kappa shape index (κ1) is 10.3. The van der Waals surface area contributed by atoms with Crippen LogP contribution in [-0.2, 0) is 0 Å². The summed E-state index contributed by atoms with van der Waals surface area (Å²) in [4.78, 5) is 4.27. The lowest BCUT2D eigenvalue weighted by molar-refractivity contribution is 0.317. The molecule has 0 aliphatic heterocycles. The number of hydrogen-bond donors (Lipinski definition) is 2. The lowest BCUT2D eigenvalue weighted by Crippen LogP contribution is -2.11. The Labute approximate surface area is 84.9 Å². The van der Waals surface area contributed by atoms with E-state index in [1.165, 1.54) is 0 Å². The van der Waals surface area contributed by atoms with Crippen molar-refractivity contribution in [2.45, 2.75) is 17.7 Å². The topological polar surface area (TPSA) is 71.5 Å². The SMILES string of the molecule is Cc1csc(SCC/C(N)=N/O)n1. The monoisotopic (exact) mass is 217 g/mol. The van der Waals surface area contributed by atoms with E-state index in [2.05, 4.69) is 10.1 Å². The fourth-order valence-electron chi connectivity index (χ4n) is 0.692. The van der Waals surface area contributed by atoms with Crippen molar-refractivity contribution in [3.63, 3.8) is 0 Å². The Morgan fingerprint density at radius 3 is 3.15 bits per heavy atom. The van der Waals surface area contributed by atoms with E-state index in [1.807, 2.05) is 12.3 Å². The van der Waals surface area contributed by atoms with E-state index in [0.29, 0.717) is 6.42 Å². The highest BCUT2D eigenvalue weighted by Crippen LogP contribution is 2.22. The molecule has 1 rings (SSSR count). The molecule has 3 N–H and O–H groups in total. The molecule has 0 aliphatic carbocycles. The van der Waals surface area contributed by atoms with Gasteiger partial charge in [0, 0.05) is 23.2 Å². The molecule has 0 spiro atoms. The normalized spacial score (nSPS) is 11.9. The Morgan fingerprint density at radius 1 is 1.85 bits per heavy atom. The van der Waals surface area contributed by atoms with Crippen LogP contribution in [0.1, 0.15) is 12.1 Å². The van der Waals surface area contributed by atoms with E-state index < -0.39 is 0 Å². The molecule has 0 saturated carbocycles. The first-order valence-corrected chi connectivity index (χ1v) is 5.60. The molecule has 0 bridgehead atoms. The number of nitrogens with zero attached hydrogens (tertiary/aromatic N) is 2. The fourth-order valence-corrected chi connectivity index (χ4v) is 2.57. The van der Waals surface area contributed by atoms with Crippen molar-refractivity contribution in [1.82, 2.24) is 4.98 Å². The molecule has 0 amide bonds. The van der Waals surface area contributed by atoms with Gasteiger partial charge in [-0.05, 0) is 6.92 Å². The van der Waals surface area contributed by atoms with Crippen LogP contribution in [-0.4, -0.2) is 21.8 Å². The highest BCUT2D eigenvalue weighted by atomic mass is 32.2. The number of aromatic nitrogens is 1. The summed E-state index contributed by atoms with van der Waals surface area (Å²) in [6.45, 7) is 1.96. The third-order valence-electron chi connectivity index (χ3n) is 1.31. The van der Waals surface area contributed by atoms with Crippen LogP contribution < -0.4 is 5.73 Å². The molecule has 13 heavy (non-hydrogen) atoms. The summed E-state index contributed by atoms with van der Waals surface area (Å²) in [7, 11) is 0. The van der Waals surface area contributed by atoms with Crippen LogP contribution in [0.2, 0.25) is 0 Å². The smallest absolute Gasteiger partial charge is 0.150 e. The molecular weight excluding hydrogens is 206 g/mol. The number of thiazole rings is 1. The van der Waals surface area contributed by atoms with Crippen LogP contribution in [0.5, 0.6) is 0 Å². The average molecular weight is 217 g/mol. The van der Waals surface area contributed by atoms with E-state index in [9.17, 15) is 0 Å². The Morgan fingerprint density at radius 2 is 2.62 bits per heavy atom. The van der Waals surface area contributed by atoms with Crippen LogP contribution in [0, 0.1) is 6.92 Å². The second kappa shape index (κ2) is 5.08. The van der Waals surface area contributed by atoms with Crippen molar-refractivity contribution in [2.75, 3.05) is 5.75 Å². The number of hydrogen-bond acceptors (Lipinski definition) is 5. The predicted molar refractivity (Wildman–Crippen MR) is 55.6 cm³/mol. The molecular formula is C7H11N3OS2. The summed E-state index contributed by atoms with van der Waals surface area (Å²) in [5.74, 6) is 1.06. The molecule has 0 atom stereocenters. The van der Waals surface area contributed by atoms with Gasteiger partial charge in [-0.2, -0.15) is 0 Å². The van der Waals surface area contributed by atoms with Gasteiger partial charge < -0.3 is 10.9 Å². The summed E-state index contributed by atoms with van der Waals surface area (Å²) >= 11 is 3.24. The molecule has 0 unspecified atom stereocenters. The van der Waals surface area contributed by atoms with Gasteiger partial charge in [0.2, 0.25) is 0 Å². The molecule has 0 saturated heterocycles. The van der Waals surface area contributed by atoms with Gasteiger partial charge in [0.05, 0.1) is 0 Å². The van der Waals surface area contributed by atoms with Gasteiger partial charge >= 0.3 is 0 Å². The van der Waals surface area contributed by atoms with E-state index in [-0.39, 0.29) is 5.84 Å². The standard InChI is InChI=1S/C7H11N3OS2/c1-5-4-13-7(9-5)12-3-2-6(8)10-11/h4,11H,2-3H2,1H3,(H2,8,10). The number of amidine groups is 1. The van der Waals surface area contributed by atoms with E-state index in [1.54, 1.807) is 23.1 Å². The zero-order valence-electron chi connectivity index (χ0n) is 7.23. The number of nitrogens with two attached hydrogens (primary N) is 1. The largest absolute Gasteiger partial charge is 0.409 e. The van der Waals surface area contributed by atoms with Crippen molar-refractivity contribution in [3.05, 3.63) is 11.1 Å².